The summed E-state index contributed by atoms with van der Waals surface area (Å²) in [6.45, 7) is 2.90. The Kier molecular flexibility index (Phi) is 5.10. The van der Waals surface area contributed by atoms with Crippen molar-refractivity contribution in [1.82, 2.24) is 25.1 Å². The Morgan fingerprint density at radius 1 is 1.14 bits per heavy atom. The van der Waals surface area contributed by atoms with E-state index >= 15 is 0 Å². The zero-order valence-electron chi connectivity index (χ0n) is 16.1. The summed E-state index contributed by atoms with van der Waals surface area (Å²) in [4.78, 5) is 6.05. The van der Waals surface area contributed by atoms with Crippen LogP contribution in [0, 0.1) is 6.92 Å². The molecule has 28 heavy (non-hydrogen) atoms. The van der Waals surface area contributed by atoms with E-state index in [1.54, 1.807) is 11.9 Å². The van der Waals surface area contributed by atoms with E-state index < -0.39 is 5.54 Å². The molecule has 9 heteroatoms. The quantitative estimate of drug-likeness (QED) is 0.618. The van der Waals surface area contributed by atoms with Gasteiger partial charge in [-0.15, -0.1) is 5.10 Å². The van der Waals surface area contributed by atoms with Crippen molar-refractivity contribution in [3.05, 3.63) is 35.8 Å². The van der Waals surface area contributed by atoms with E-state index in [1.807, 2.05) is 31.2 Å². The first-order valence-corrected chi connectivity index (χ1v) is 9.39. The Balaban J connectivity index is 1.53. The Morgan fingerprint density at radius 3 is 2.61 bits per heavy atom. The van der Waals surface area contributed by atoms with Crippen molar-refractivity contribution >= 4 is 0 Å². The minimum Gasteiger partial charge on any atom is -0.491 e. The molecule has 4 rings (SSSR count). The summed E-state index contributed by atoms with van der Waals surface area (Å²) in [6, 6.07) is 7.51. The molecule has 0 aliphatic heterocycles. The predicted octanol–water partition coefficient (Wildman–Crippen LogP) is 2.38. The lowest BCUT2D eigenvalue weighted by Gasteiger charge is -2.17. The molecule has 2 heterocycles. The van der Waals surface area contributed by atoms with Gasteiger partial charge in [-0.25, -0.2) is 0 Å². The van der Waals surface area contributed by atoms with Crippen LogP contribution in [0.15, 0.2) is 28.8 Å². The van der Waals surface area contributed by atoms with Crippen molar-refractivity contribution in [3.8, 4) is 23.0 Å². The zero-order chi connectivity index (χ0) is 19.6. The number of nitrogens with two attached hydrogens (primary N) is 1. The van der Waals surface area contributed by atoms with Gasteiger partial charge in [-0.1, -0.05) is 18.0 Å². The summed E-state index contributed by atoms with van der Waals surface area (Å²) >= 11 is 0. The summed E-state index contributed by atoms with van der Waals surface area (Å²) in [7, 11) is 1.64. The monoisotopic (exact) mass is 384 g/mol. The summed E-state index contributed by atoms with van der Waals surface area (Å²) in [5.41, 5.74) is 7.99. The molecular formula is C19H24N6O3. The maximum Gasteiger partial charge on any atom is 0.280 e. The number of hydrogen-bond acceptors (Lipinski definition) is 8. The third-order valence-corrected chi connectivity index (χ3v) is 4.98. The second-order valence-electron chi connectivity index (χ2n) is 7.05. The number of rotatable bonds is 7. The molecule has 0 unspecified atom stereocenters. The van der Waals surface area contributed by atoms with Gasteiger partial charge in [0.25, 0.3) is 5.89 Å². The van der Waals surface area contributed by atoms with Crippen molar-refractivity contribution in [2.45, 2.75) is 38.1 Å². The molecule has 0 radical (unpaired) electrons. The molecule has 148 valence electrons. The van der Waals surface area contributed by atoms with Crippen LogP contribution in [0.4, 0.5) is 0 Å². The van der Waals surface area contributed by atoms with Gasteiger partial charge < -0.3 is 19.7 Å². The van der Waals surface area contributed by atoms with Crippen LogP contribution < -0.4 is 10.5 Å². The Hall–Kier alpha value is -2.78. The highest BCUT2D eigenvalue weighted by Gasteiger charge is 2.36. The van der Waals surface area contributed by atoms with Gasteiger partial charge in [0.2, 0.25) is 0 Å². The number of ether oxygens (including phenoxy) is 2. The Bertz CT molecular complexity index is 928. The highest BCUT2D eigenvalue weighted by molar-refractivity contribution is 5.50. The van der Waals surface area contributed by atoms with Crippen LogP contribution in [-0.2, 0) is 10.3 Å². The van der Waals surface area contributed by atoms with E-state index in [2.05, 4.69) is 20.3 Å². The number of benzene rings is 1. The van der Waals surface area contributed by atoms with E-state index in [4.69, 9.17) is 19.7 Å². The molecule has 0 spiro atoms. The molecule has 0 saturated heterocycles. The predicted molar refractivity (Wildman–Crippen MR) is 101 cm³/mol. The highest BCUT2D eigenvalue weighted by Crippen LogP contribution is 2.35. The second kappa shape index (κ2) is 7.69. The molecule has 1 fully saturated rings. The zero-order valence-corrected chi connectivity index (χ0v) is 16.1. The molecule has 9 nitrogen and oxygen atoms in total. The third-order valence-electron chi connectivity index (χ3n) is 4.98. The maximum absolute atomic E-state index is 6.42. The molecule has 0 atom stereocenters. The number of nitrogens with zero attached hydrogens (tertiary/aromatic N) is 5. The van der Waals surface area contributed by atoms with Crippen molar-refractivity contribution in [3.63, 3.8) is 0 Å². The van der Waals surface area contributed by atoms with Crippen LogP contribution in [0.25, 0.3) is 17.3 Å². The first-order valence-electron chi connectivity index (χ1n) is 9.39. The van der Waals surface area contributed by atoms with Crippen LogP contribution in [0.1, 0.15) is 37.2 Å². The van der Waals surface area contributed by atoms with Crippen molar-refractivity contribution in [1.29, 1.82) is 0 Å². The lowest BCUT2D eigenvalue weighted by molar-refractivity contribution is 0.146. The van der Waals surface area contributed by atoms with E-state index in [0.717, 1.165) is 37.1 Å². The van der Waals surface area contributed by atoms with Crippen LogP contribution in [0.3, 0.4) is 0 Å². The largest absolute Gasteiger partial charge is 0.491 e. The molecule has 0 amide bonds. The van der Waals surface area contributed by atoms with Crippen LogP contribution in [0.2, 0.25) is 0 Å². The molecule has 1 aromatic carbocycles. The summed E-state index contributed by atoms with van der Waals surface area (Å²) in [5, 5.41) is 13.1. The van der Waals surface area contributed by atoms with E-state index in [9.17, 15) is 0 Å². The summed E-state index contributed by atoms with van der Waals surface area (Å²) < 4.78 is 16.0. The van der Waals surface area contributed by atoms with Gasteiger partial charge in [-0.3, -0.25) is 0 Å². The molecule has 2 N–H and O–H groups in total. The second-order valence-corrected chi connectivity index (χ2v) is 7.05. The van der Waals surface area contributed by atoms with E-state index in [0.29, 0.717) is 36.3 Å². The van der Waals surface area contributed by atoms with Gasteiger partial charge >= 0.3 is 0 Å². The highest BCUT2D eigenvalue weighted by atomic mass is 16.5. The van der Waals surface area contributed by atoms with Crippen LogP contribution in [0.5, 0.6) is 5.75 Å². The normalized spacial score (nSPS) is 15.8. The fourth-order valence-electron chi connectivity index (χ4n) is 3.36. The first kappa shape index (κ1) is 18.6. The first-order chi connectivity index (χ1) is 13.6. The topological polar surface area (TPSA) is 114 Å². The molecule has 1 aliphatic rings. The minimum atomic E-state index is -0.496. The Morgan fingerprint density at radius 2 is 1.89 bits per heavy atom. The number of hydrogen-bond donors (Lipinski definition) is 1. The van der Waals surface area contributed by atoms with Gasteiger partial charge in [-0.2, -0.15) is 14.9 Å². The molecule has 1 aliphatic carbocycles. The molecule has 3 aromatic rings. The number of aryl methyl sites for hydroxylation is 1. The molecular weight excluding hydrogens is 360 g/mol. The fourth-order valence-corrected chi connectivity index (χ4v) is 3.36. The van der Waals surface area contributed by atoms with E-state index in [1.165, 1.54) is 0 Å². The lowest BCUT2D eigenvalue weighted by Crippen LogP contribution is -2.34. The van der Waals surface area contributed by atoms with Crippen LogP contribution in [-0.4, -0.2) is 45.5 Å². The smallest absolute Gasteiger partial charge is 0.280 e. The third kappa shape index (κ3) is 3.63. The maximum atomic E-state index is 6.42. The average Bonchev–Trinajstić information content (AvgIpc) is 3.43. The summed E-state index contributed by atoms with van der Waals surface area (Å²) in [6.07, 6.45) is 3.91. The van der Waals surface area contributed by atoms with Gasteiger partial charge in [0.1, 0.15) is 12.4 Å². The molecule has 1 saturated carbocycles. The standard InChI is InChI=1S/C19H24N6O3/c1-13-16(17-21-18(24-28-17)19(20)9-3-4-10-19)23-25(22-13)14-5-7-15(8-6-14)27-12-11-26-2/h5-8H,3-4,9-12,20H2,1-2H3. The Labute approximate surface area is 162 Å². The average molecular weight is 384 g/mol. The van der Waals surface area contributed by atoms with Gasteiger partial charge in [0.05, 0.1) is 23.5 Å². The minimum absolute atomic E-state index is 0.343. The van der Waals surface area contributed by atoms with Gasteiger partial charge in [-0.05, 0) is 44.0 Å². The van der Waals surface area contributed by atoms with Gasteiger partial charge in [0, 0.05) is 7.11 Å². The number of aromatic nitrogens is 5. The van der Waals surface area contributed by atoms with Gasteiger partial charge in [0.15, 0.2) is 11.5 Å². The summed E-state index contributed by atoms with van der Waals surface area (Å²) in [5.74, 6) is 1.65. The van der Waals surface area contributed by atoms with Crippen molar-refractivity contribution in [2.24, 2.45) is 5.73 Å². The SMILES string of the molecule is COCCOc1ccc(-n2nc(C)c(-c3nc(C4(N)CCCC4)no3)n2)cc1. The van der Waals surface area contributed by atoms with Crippen molar-refractivity contribution in [2.75, 3.05) is 20.3 Å². The fraction of sp³-hybridized carbons (Fsp3) is 0.474. The van der Waals surface area contributed by atoms with E-state index in [-0.39, 0.29) is 0 Å². The van der Waals surface area contributed by atoms with Crippen LogP contribution >= 0.6 is 0 Å². The lowest BCUT2D eigenvalue weighted by atomic mass is 9.99. The molecule has 2 aromatic heterocycles. The molecule has 0 bridgehead atoms. The van der Waals surface area contributed by atoms with Crippen molar-refractivity contribution < 1.29 is 14.0 Å². The number of methoxy groups -OCH3 is 1.